The van der Waals surface area contributed by atoms with Crippen molar-refractivity contribution in [3.8, 4) is 11.1 Å². The summed E-state index contributed by atoms with van der Waals surface area (Å²) in [5.74, 6) is 0.936. The van der Waals surface area contributed by atoms with Gasteiger partial charge in [0.2, 0.25) is 0 Å². The molecule has 136 valence electrons. The molecule has 1 saturated carbocycles. The Hall–Kier alpha value is -2.20. The highest BCUT2D eigenvalue weighted by atomic mass is 14.9. The number of nitrogens with zero attached hydrogens (tertiary/aromatic N) is 2. The van der Waals surface area contributed by atoms with Crippen LogP contribution in [0.1, 0.15) is 49.9 Å². The Bertz CT molecular complexity index is 861. The zero-order valence-corrected chi connectivity index (χ0v) is 15.6. The molecule has 0 saturated heterocycles. The van der Waals surface area contributed by atoms with Crippen molar-refractivity contribution in [3.05, 3.63) is 48.0 Å². The van der Waals surface area contributed by atoms with Crippen molar-refractivity contribution in [2.45, 2.75) is 52.0 Å². The van der Waals surface area contributed by atoms with E-state index in [-0.39, 0.29) is 0 Å². The maximum absolute atomic E-state index is 4.81. The third-order valence-electron chi connectivity index (χ3n) is 5.63. The van der Waals surface area contributed by atoms with Crippen LogP contribution in [0.3, 0.4) is 0 Å². The number of aromatic nitrogens is 3. The van der Waals surface area contributed by atoms with Crippen molar-refractivity contribution in [2.75, 3.05) is 6.54 Å². The Balaban J connectivity index is 1.36. The largest absolute Gasteiger partial charge is 0.345 e. The standard InChI is InChI=1S/C22H28N4/c1-16-20(18-7-10-21-22(13-18)25-15-24-21)9-8-19(26-16)14-23-12-11-17-5-3-2-4-6-17/h7-10,13,15,17,23H,2-6,11-12,14H2,1H3,(H,24,25). The maximum atomic E-state index is 4.81. The number of hydrogen-bond acceptors (Lipinski definition) is 3. The van der Waals surface area contributed by atoms with Gasteiger partial charge in [-0.15, -0.1) is 0 Å². The van der Waals surface area contributed by atoms with Gasteiger partial charge in [0, 0.05) is 17.8 Å². The van der Waals surface area contributed by atoms with E-state index in [9.17, 15) is 0 Å². The molecular weight excluding hydrogens is 320 g/mol. The van der Waals surface area contributed by atoms with Gasteiger partial charge in [-0.2, -0.15) is 0 Å². The van der Waals surface area contributed by atoms with Crippen molar-refractivity contribution < 1.29 is 0 Å². The van der Waals surface area contributed by atoms with Gasteiger partial charge in [0.15, 0.2) is 0 Å². The van der Waals surface area contributed by atoms with Crippen LogP contribution in [0.4, 0.5) is 0 Å². The minimum atomic E-state index is 0.855. The number of pyridine rings is 1. The molecule has 1 fully saturated rings. The second kappa shape index (κ2) is 8.00. The second-order valence-electron chi connectivity index (χ2n) is 7.54. The fourth-order valence-corrected chi connectivity index (χ4v) is 4.12. The molecule has 0 atom stereocenters. The van der Waals surface area contributed by atoms with E-state index in [1.165, 1.54) is 49.7 Å². The van der Waals surface area contributed by atoms with E-state index in [2.05, 4.69) is 52.5 Å². The van der Waals surface area contributed by atoms with Gasteiger partial charge in [0.25, 0.3) is 0 Å². The topological polar surface area (TPSA) is 53.6 Å². The Morgan fingerprint density at radius 1 is 1.12 bits per heavy atom. The van der Waals surface area contributed by atoms with E-state index in [0.717, 1.165) is 41.4 Å². The molecule has 0 bridgehead atoms. The lowest BCUT2D eigenvalue weighted by atomic mass is 9.87. The number of benzene rings is 1. The summed E-state index contributed by atoms with van der Waals surface area (Å²) in [5, 5.41) is 3.58. The summed E-state index contributed by atoms with van der Waals surface area (Å²) in [6.45, 7) is 4.05. The Morgan fingerprint density at radius 2 is 2.00 bits per heavy atom. The summed E-state index contributed by atoms with van der Waals surface area (Å²) >= 11 is 0. The Kier molecular flexibility index (Phi) is 5.30. The van der Waals surface area contributed by atoms with Crippen LogP contribution < -0.4 is 5.32 Å². The van der Waals surface area contributed by atoms with E-state index in [1.807, 2.05) is 0 Å². The fraction of sp³-hybridized carbons (Fsp3) is 0.455. The normalized spacial score (nSPS) is 15.6. The Morgan fingerprint density at radius 3 is 2.85 bits per heavy atom. The molecule has 2 aromatic heterocycles. The molecule has 4 rings (SSSR count). The lowest BCUT2D eigenvalue weighted by Crippen LogP contribution is -2.19. The van der Waals surface area contributed by atoms with E-state index >= 15 is 0 Å². The van der Waals surface area contributed by atoms with E-state index < -0.39 is 0 Å². The molecule has 0 spiro atoms. The molecule has 4 nitrogen and oxygen atoms in total. The molecule has 1 aliphatic carbocycles. The molecule has 1 aliphatic rings. The van der Waals surface area contributed by atoms with Crippen molar-refractivity contribution in [3.63, 3.8) is 0 Å². The molecule has 3 aromatic rings. The molecule has 0 amide bonds. The molecule has 0 unspecified atom stereocenters. The molecule has 0 radical (unpaired) electrons. The van der Waals surface area contributed by atoms with Crippen molar-refractivity contribution >= 4 is 11.0 Å². The number of aromatic amines is 1. The van der Waals surface area contributed by atoms with Crippen LogP contribution in [0, 0.1) is 12.8 Å². The van der Waals surface area contributed by atoms with Gasteiger partial charge in [-0.25, -0.2) is 4.98 Å². The smallest absolute Gasteiger partial charge is 0.0931 e. The zero-order chi connectivity index (χ0) is 17.8. The number of imidazole rings is 1. The van der Waals surface area contributed by atoms with E-state index in [1.54, 1.807) is 6.33 Å². The average Bonchev–Trinajstić information content (AvgIpc) is 3.14. The quantitative estimate of drug-likeness (QED) is 0.617. The van der Waals surface area contributed by atoms with Crippen molar-refractivity contribution in [1.82, 2.24) is 20.3 Å². The van der Waals surface area contributed by atoms with Crippen LogP contribution in [0.2, 0.25) is 0 Å². The lowest BCUT2D eigenvalue weighted by Gasteiger charge is -2.21. The summed E-state index contributed by atoms with van der Waals surface area (Å²) in [6.07, 6.45) is 10.2. The highest BCUT2D eigenvalue weighted by Gasteiger charge is 2.12. The molecule has 2 heterocycles. The summed E-state index contributed by atoms with van der Waals surface area (Å²) in [4.78, 5) is 12.3. The predicted octanol–water partition coefficient (Wildman–Crippen LogP) is 4.99. The first-order valence-electron chi connectivity index (χ1n) is 9.90. The molecule has 26 heavy (non-hydrogen) atoms. The summed E-state index contributed by atoms with van der Waals surface area (Å²) in [6, 6.07) is 10.7. The monoisotopic (exact) mass is 348 g/mol. The predicted molar refractivity (Wildman–Crippen MR) is 107 cm³/mol. The van der Waals surface area contributed by atoms with Crippen molar-refractivity contribution in [2.24, 2.45) is 5.92 Å². The van der Waals surface area contributed by atoms with Gasteiger partial charge >= 0.3 is 0 Å². The van der Waals surface area contributed by atoms with Crippen LogP contribution in [0.25, 0.3) is 22.2 Å². The van der Waals surface area contributed by atoms with Gasteiger partial charge in [-0.3, -0.25) is 4.98 Å². The summed E-state index contributed by atoms with van der Waals surface area (Å²) in [7, 11) is 0. The van der Waals surface area contributed by atoms with Crippen LogP contribution in [0.15, 0.2) is 36.7 Å². The molecule has 1 aromatic carbocycles. The first kappa shape index (κ1) is 17.2. The van der Waals surface area contributed by atoms with Gasteiger partial charge in [-0.05, 0) is 49.6 Å². The van der Waals surface area contributed by atoms with E-state index in [0.29, 0.717) is 0 Å². The van der Waals surface area contributed by atoms with Gasteiger partial charge in [-0.1, -0.05) is 44.2 Å². The van der Waals surface area contributed by atoms with E-state index in [4.69, 9.17) is 4.98 Å². The average molecular weight is 348 g/mol. The minimum Gasteiger partial charge on any atom is -0.345 e. The van der Waals surface area contributed by atoms with Crippen LogP contribution in [-0.4, -0.2) is 21.5 Å². The Labute approximate surface area is 155 Å². The third kappa shape index (κ3) is 3.96. The zero-order valence-electron chi connectivity index (χ0n) is 15.6. The third-order valence-corrected chi connectivity index (χ3v) is 5.63. The maximum Gasteiger partial charge on any atom is 0.0931 e. The van der Waals surface area contributed by atoms with Gasteiger partial charge in [0.1, 0.15) is 0 Å². The highest BCUT2D eigenvalue weighted by Crippen LogP contribution is 2.26. The molecule has 4 heteroatoms. The molecule has 2 N–H and O–H groups in total. The number of H-pyrrole nitrogens is 1. The fourth-order valence-electron chi connectivity index (χ4n) is 4.12. The van der Waals surface area contributed by atoms with Crippen molar-refractivity contribution in [1.29, 1.82) is 0 Å². The summed E-state index contributed by atoms with van der Waals surface area (Å²) < 4.78 is 0. The van der Waals surface area contributed by atoms with Crippen LogP contribution in [0.5, 0.6) is 0 Å². The SMILES string of the molecule is Cc1nc(CNCCC2CCCCC2)ccc1-c1ccc2nc[nH]c2c1. The van der Waals surface area contributed by atoms with Crippen LogP contribution >= 0.6 is 0 Å². The van der Waals surface area contributed by atoms with Crippen LogP contribution in [-0.2, 0) is 6.54 Å². The second-order valence-corrected chi connectivity index (χ2v) is 7.54. The first-order chi connectivity index (χ1) is 12.8. The summed E-state index contributed by atoms with van der Waals surface area (Å²) in [5.41, 5.74) is 6.64. The minimum absolute atomic E-state index is 0.855. The molecule has 0 aliphatic heterocycles. The lowest BCUT2D eigenvalue weighted by molar-refractivity contribution is 0.333. The number of rotatable bonds is 6. The highest BCUT2D eigenvalue weighted by molar-refractivity contribution is 5.82. The number of hydrogen-bond donors (Lipinski definition) is 2. The number of nitrogens with one attached hydrogen (secondary N) is 2. The number of aryl methyl sites for hydroxylation is 1. The van der Waals surface area contributed by atoms with Gasteiger partial charge < -0.3 is 10.3 Å². The molecular formula is C22H28N4. The number of fused-ring (bicyclic) bond motifs is 1. The van der Waals surface area contributed by atoms with Gasteiger partial charge in [0.05, 0.1) is 23.1 Å². The first-order valence-corrected chi connectivity index (χ1v) is 9.90.